The van der Waals surface area contributed by atoms with E-state index in [2.05, 4.69) is 16.0 Å². The smallest absolute Gasteiger partial charge is 0.271 e. The molecule has 0 saturated carbocycles. The summed E-state index contributed by atoms with van der Waals surface area (Å²) in [5, 5.41) is 20.6. The molecule has 4 aromatic rings. The number of rotatable bonds is 4. The van der Waals surface area contributed by atoms with Crippen LogP contribution in [0.1, 0.15) is 11.5 Å². The van der Waals surface area contributed by atoms with Gasteiger partial charge in [-0.3, -0.25) is 10.1 Å². The Kier molecular flexibility index (Phi) is 3.99. The van der Waals surface area contributed by atoms with Crippen molar-refractivity contribution >= 4 is 28.4 Å². The van der Waals surface area contributed by atoms with E-state index in [4.69, 9.17) is 0 Å². The average Bonchev–Trinajstić information content (AvgIpc) is 3.32. The van der Waals surface area contributed by atoms with Gasteiger partial charge in [0.05, 0.1) is 27.2 Å². The van der Waals surface area contributed by atoms with Crippen molar-refractivity contribution in [2.45, 2.75) is 0 Å². The highest BCUT2D eigenvalue weighted by Crippen LogP contribution is 2.23. The summed E-state index contributed by atoms with van der Waals surface area (Å²) in [5.41, 5.74) is 3.37. The molecule has 0 bridgehead atoms. The Morgan fingerprint density at radius 1 is 1.19 bits per heavy atom. The Bertz CT molecular complexity index is 1190. The molecule has 0 saturated heterocycles. The molecule has 0 atom stereocenters. The Hall–Kier alpha value is -4.18. The standard InChI is InChI=1S/C20H13N5O2/c21-13-14(20-22-18-8-1-2-9-19(18)23-20)11-15-7-4-10-24(15)16-5-3-6-17(12-16)25(26)27/h1-12H,(H,22,23). The number of aromatic amines is 1. The van der Waals surface area contributed by atoms with Crippen molar-refractivity contribution in [3.63, 3.8) is 0 Å². The molecule has 2 heterocycles. The van der Waals surface area contributed by atoms with Crippen LogP contribution in [0.15, 0.2) is 66.9 Å². The van der Waals surface area contributed by atoms with Gasteiger partial charge in [0.25, 0.3) is 5.69 Å². The molecule has 0 amide bonds. The summed E-state index contributed by atoms with van der Waals surface area (Å²) in [5.74, 6) is 0.477. The lowest BCUT2D eigenvalue weighted by atomic mass is 10.2. The predicted molar refractivity (Wildman–Crippen MR) is 102 cm³/mol. The van der Waals surface area contributed by atoms with Gasteiger partial charge in [0.15, 0.2) is 0 Å². The maximum Gasteiger partial charge on any atom is 0.271 e. The first-order valence-electron chi connectivity index (χ1n) is 8.15. The van der Waals surface area contributed by atoms with Gasteiger partial charge in [-0.2, -0.15) is 5.26 Å². The van der Waals surface area contributed by atoms with E-state index in [0.717, 1.165) is 11.0 Å². The molecule has 0 unspecified atom stereocenters. The highest BCUT2D eigenvalue weighted by atomic mass is 16.6. The summed E-state index contributed by atoms with van der Waals surface area (Å²) < 4.78 is 1.78. The van der Waals surface area contributed by atoms with Crippen LogP contribution in [0.2, 0.25) is 0 Å². The predicted octanol–water partition coefficient (Wildman–Crippen LogP) is 4.33. The highest BCUT2D eigenvalue weighted by Gasteiger charge is 2.11. The number of nitrogens with zero attached hydrogens (tertiary/aromatic N) is 4. The first-order chi connectivity index (χ1) is 13.2. The summed E-state index contributed by atoms with van der Waals surface area (Å²) in [6.45, 7) is 0. The molecule has 0 radical (unpaired) electrons. The third-order valence-corrected chi connectivity index (χ3v) is 4.16. The van der Waals surface area contributed by atoms with E-state index < -0.39 is 4.92 Å². The van der Waals surface area contributed by atoms with Gasteiger partial charge in [-0.1, -0.05) is 18.2 Å². The average molecular weight is 355 g/mol. The van der Waals surface area contributed by atoms with E-state index in [0.29, 0.717) is 22.8 Å². The minimum atomic E-state index is -0.433. The van der Waals surface area contributed by atoms with Gasteiger partial charge in [-0.15, -0.1) is 0 Å². The molecule has 2 aromatic heterocycles. The molecule has 0 aliphatic rings. The van der Waals surface area contributed by atoms with Crippen LogP contribution in [0.5, 0.6) is 0 Å². The second-order valence-corrected chi connectivity index (χ2v) is 5.85. The number of para-hydroxylation sites is 2. The number of aromatic nitrogens is 3. The fourth-order valence-corrected chi connectivity index (χ4v) is 2.89. The molecule has 27 heavy (non-hydrogen) atoms. The van der Waals surface area contributed by atoms with Crippen molar-refractivity contribution in [2.75, 3.05) is 0 Å². The SMILES string of the molecule is N#CC(=Cc1cccn1-c1cccc([N+](=O)[O-])c1)c1nc2ccccc2[nH]1. The second kappa shape index (κ2) is 6.61. The van der Waals surface area contributed by atoms with Crippen molar-refractivity contribution in [1.82, 2.24) is 14.5 Å². The molecule has 0 aliphatic heterocycles. The Morgan fingerprint density at radius 2 is 2.04 bits per heavy atom. The quantitative estimate of drug-likeness (QED) is 0.334. The number of non-ortho nitro benzene ring substituents is 1. The van der Waals surface area contributed by atoms with Crippen LogP contribution in [-0.4, -0.2) is 19.5 Å². The number of hydrogen-bond donors (Lipinski definition) is 1. The van der Waals surface area contributed by atoms with E-state index in [1.54, 1.807) is 29.0 Å². The van der Waals surface area contributed by atoms with Crippen LogP contribution in [0.25, 0.3) is 28.4 Å². The molecule has 7 heteroatoms. The number of hydrogen-bond acceptors (Lipinski definition) is 4. The highest BCUT2D eigenvalue weighted by molar-refractivity contribution is 5.90. The topological polar surface area (TPSA) is 101 Å². The van der Waals surface area contributed by atoms with Crippen LogP contribution in [0, 0.1) is 21.4 Å². The first kappa shape index (κ1) is 16.3. The number of allylic oxidation sites excluding steroid dienone is 1. The number of benzene rings is 2. The zero-order chi connectivity index (χ0) is 18.8. The van der Waals surface area contributed by atoms with Gasteiger partial charge in [-0.25, -0.2) is 4.98 Å². The van der Waals surface area contributed by atoms with E-state index in [1.807, 2.05) is 36.4 Å². The van der Waals surface area contributed by atoms with Crippen molar-refractivity contribution in [1.29, 1.82) is 5.26 Å². The number of nitro groups is 1. The second-order valence-electron chi connectivity index (χ2n) is 5.85. The molecular weight excluding hydrogens is 342 g/mol. The van der Waals surface area contributed by atoms with E-state index in [1.165, 1.54) is 12.1 Å². The van der Waals surface area contributed by atoms with Crippen LogP contribution in [0.4, 0.5) is 5.69 Å². The summed E-state index contributed by atoms with van der Waals surface area (Å²) >= 11 is 0. The number of H-pyrrole nitrogens is 1. The summed E-state index contributed by atoms with van der Waals surface area (Å²) in [4.78, 5) is 18.2. The lowest BCUT2D eigenvalue weighted by Crippen LogP contribution is -1.97. The number of nitrogens with one attached hydrogen (secondary N) is 1. The number of imidazole rings is 1. The van der Waals surface area contributed by atoms with E-state index >= 15 is 0 Å². The largest absolute Gasteiger partial charge is 0.337 e. The van der Waals surface area contributed by atoms with Gasteiger partial charge in [0.2, 0.25) is 0 Å². The normalized spacial score (nSPS) is 11.4. The van der Waals surface area contributed by atoms with Crippen LogP contribution in [0.3, 0.4) is 0 Å². The molecule has 7 nitrogen and oxygen atoms in total. The van der Waals surface area contributed by atoms with Gasteiger partial charge in [0.1, 0.15) is 11.9 Å². The van der Waals surface area contributed by atoms with Gasteiger partial charge in [-0.05, 0) is 36.4 Å². The molecule has 2 aromatic carbocycles. The maximum absolute atomic E-state index is 11.0. The number of nitriles is 1. The molecule has 1 N–H and O–H groups in total. The lowest BCUT2D eigenvalue weighted by molar-refractivity contribution is -0.384. The van der Waals surface area contributed by atoms with Crippen molar-refractivity contribution in [3.05, 3.63) is 88.5 Å². The third kappa shape index (κ3) is 3.07. The fraction of sp³-hybridized carbons (Fsp3) is 0. The summed E-state index contributed by atoms with van der Waals surface area (Å²) in [7, 11) is 0. The molecule has 130 valence electrons. The van der Waals surface area contributed by atoms with Crippen LogP contribution in [-0.2, 0) is 0 Å². The first-order valence-corrected chi connectivity index (χ1v) is 8.15. The van der Waals surface area contributed by atoms with E-state index in [9.17, 15) is 15.4 Å². The zero-order valence-corrected chi connectivity index (χ0v) is 14.0. The molecule has 0 aliphatic carbocycles. The number of nitro benzene ring substituents is 1. The third-order valence-electron chi connectivity index (χ3n) is 4.16. The molecular formula is C20H13N5O2. The zero-order valence-electron chi connectivity index (χ0n) is 14.0. The maximum atomic E-state index is 11.0. The minimum absolute atomic E-state index is 0.00826. The molecule has 0 spiro atoms. The van der Waals surface area contributed by atoms with Crippen LogP contribution >= 0.6 is 0 Å². The molecule has 4 rings (SSSR count). The van der Waals surface area contributed by atoms with Crippen LogP contribution < -0.4 is 0 Å². The lowest BCUT2D eigenvalue weighted by Gasteiger charge is -2.06. The van der Waals surface area contributed by atoms with E-state index in [-0.39, 0.29) is 5.69 Å². The summed E-state index contributed by atoms with van der Waals surface area (Å²) in [6.07, 6.45) is 3.50. The van der Waals surface area contributed by atoms with Crippen molar-refractivity contribution < 1.29 is 4.92 Å². The van der Waals surface area contributed by atoms with Gasteiger partial charge < -0.3 is 9.55 Å². The monoisotopic (exact) mass is 355 g/mol. The fourth-order valence-electron chi connectivity index (χ4n) is 2.89. The van der Waals surface area contributed by atoms with Gasteiger partial charge >= 0.3 is 0 Å². The Morgan fingerprint density at radius 3 is 2.81 bits per heavy atom. The van der Waals surface area contributed by atoms with Crippen molar-refractivity contribution in [3.8, 4) is 11.8 Å². The Balaban J connectivity index is 1.78. The minimum Gasteiger partial charge on any atom is -0.337 e. The van der Waals surface area contributed by atoms with Gasteiger partial charge in [0, 0.05) is 24.0 Å². The summed E-state index contributed by atoms with van der Waals surface area (Å²) in [6, 6.07) is 19.7. The molecule has 0 fully saturated rings. The number of fused-ring (bicyclic) bond motifs is 1. The van der Waals surface area contributed by atoms with Crippen molar-refractivity contribution in [2.24, 2.45) is 0 Å². The Labute approximate surface area is 154 Å².